The monoisotopic (exact) mass is 232 g/mol. The predicted molar refractivity (Wildman–Crippen MR) is 65.8 cm³/mol. The number of hydrogen-bond donors (Lipinski definition) is 1. The molecule has 0 aromatic carbocycles. The molecule has 0 radical (unpaired) electrons. The molecule has 0 fully saturated rings. The summed E-state index contributed by atoms with van der Waals surface area (Å²) in [5.41, 5.74) is 2.84. The molecule has 5 heteroatoms. The molecule has 0 saturated carbocycles. The van der Waals surface area contributed by atoms with Crippen molar-refractivity contribution in [1.82, 2.24) is 15.1 Å². The minimum atomic E-state index is 0.467. The number of nitrogens with one attached hydrogen (secondary N) is 1. The van der Waals surface area contributed by atoms with Gasteiger partial charge in [-0.25, -0.2) is 0 Å². The van der Waals surface area contributed by atoms with Crippen LogP contribution >= 0.6 is 0 Å². The summed E-state index contributed by atoms with van der Waals surface area (Å²) in [6.07, 6.45) is 1.02. The van der Waals surface area contributed by atoms with Crippen LogP contribution in [-0.2, 0) is 0 Å². The van der Waals surface area contributed by atoms with Crippen LogP contribution < -0.4 is 5.32 Å². The number of pyridine rings is 1. The lowest BCUT2D eigenvalue weighted by molar-refractivity contribution is 0.432. The fraction of sp³-hybridized carbons (Fsp3) is 0.417. The van der Waals surface area contributed by atoms with Gasteiger partial charge in [-0.1, -0.05) is 12.1 Å². The van der Waals surface area contributed by atoms with Gasteiger partial charge in [0.2, 0.25) is 5.82 Å². The van der Waals surface area contributed by atoms with Crippen LogP contribution in [-0.4, -0.2) is 21.7 Å². The Hall–Kier alpha value is -1.91. The second kappa shape index (κ2) is 4.95. The van der Waals surface area contributed by atoms with Crippen LogP contribution in [0.25, 0.3) is 11.4 Å². The van der Waals surface area contributed by atoms with E-state index < -0.39 is 0 Å². The van der Waals surface area contributed by atoms with Gasteiger partial charge in [-0.05, 0) is 32.4 Å². The maximum atomic E-state index is 5.11. The maximum Gasteiger partial charge on any atom is 0.321 e. The van der Waals surface area contributed by atoms with Crippen molar-refractivity contribution in [2.24, 2.45) is 0 Å². The Balaban J connectivity index is 2.24. The van der Waals surface area contributed by atoms with Gasteiger partial charge in [0.1, 0.15) is 0 Å². The molecule has 5 nitrogen and oxygen atoms in total. The molecular formula is C12H16N4O. The van der Waals surface area contributed by atoms with E-state index in [2.05, 4.69) is 27.4 Å². The minimum Gasteiger partial charge on any atom is -0.338 e. The summed E-state index contributed by atoms with van der Waals surface area (Å²) in [5, 5.41) is 7.00. The standard InChI is InChI=1S/C12H16N4O/c1-4-5-13-12-15-11(16-17-12)10-6-8(2)14-9(3)7-10/h6-7H,4-5H2,1-3H3,(H,13,15,16). The van der Waals surface area contributed by atoms with Crippen LogP contribution in [0.15, 0.2) is 16.7 Å². The second-order valence-corrected chi connectivity index (χ2v) is 3.99. The lowest BCUT2D eigenvalue weighted by Crippen LogP contribution is -1.99. The third-order valence-electron chi connectivity index (χ3n) is 2.29. The van der Waals surface area contributed by atoms with E-state index in [9.17, 15) is 0 Å². The summed E-state index contributed by atoms with van der Waals surface area (Å²) in [4.78, 5) is 8.60. The first-order valence-electron chi connectivity index (χ1n) is 5.72. The molecule has 0 spiro atoms. The lowest BCUT2D eigenvalue weighted by Gasteiger charge is -1.99. The van der Waals surface area contributed by atoms with E-state index in [1.54, 1.807) is 0 Å². The maximum absolute atomic E-state index is 5.11. The van der Waals surface area contributed by atoms with Gasteiger partial charge in [0.15, 0.2) is 0 Å². The third-order valence-corrected chi connectivity index (χ3v) is 2.29. The molecule has 0 aliphatic heterocycles. The first kappa shape index (κ1) is 11.6. The first-order valence-corrected chi connectivity index (χ1v) is 5.72. The number of aromatic nitrogens is 3. The molecule has 2 rings (SSSR count). The van der Waals surface area contributed by atoms with Crippen molar-refractivity contribution in [2.75, 3.05) is 11.9 Å². The number of nitrogens with zero attached hydrogens (tertiary/aromatic N) is 3. The Morgan fingerprint density at radius 3 is 2.53 bits per heavy atom. The molecule has 0 saturated heterocycles. The normalized spacial score (nSPS) is 10.5. The van der Waals surface area contributed by atoms with E-state index in [4.69, 9.17) is 4.52 Å². The van der Waals surface area contributed by atoms with Crippen LogP contribution in [0.5, 0.6) is 0 Å². The Labute approximate surface area is 100 Å². The molecule has 0 unspecified atom stereocenters. The van der Waals surface area contributed by atoms with Gasteiger partial charge in [0.05, 0.1) is 0 Å². The summed E-state index contributed by atoms with van der Waals surface area (Å²) in [5.74, 6) is 0.595. The molecule has 2 heterocycles. The molecule has 17 heavy (non-hydrogen) atoms. The zero-order chi connectivity index (χ0) is 12.3. The number of rotatable bonds is 4. The summed E-state index contributed by atoms with van der Waals surface area (Å²) in [6, 6.07) is 4.36. The number of aryl methyl sites for hydroxylation is 2. The van der Waals surface area contributed by atoms with Gasteiger partial charge in [0, 0.05) is 23.5 Å². The molecule has 1 N–H and O–H groups in total. The highest BCUT2D eigenvalue weighted by atomic mass is 16.5. The fourth-order valence-corrected chi connectivity index (χ4v) is 1.61. The van der Waals surface area contributed by atoms with E-state index in [1.165, 1.54) is 0 Å². The quantitative estimate of drug-likeness (QED) is 0.877. The number of anilines is 1. The van der Waals surface area contributed by atoms with Gasteiger partial charge in [-0.15, -0.1) is 0 Å². The highest BCUT2D eigenvalue weighted by Gasteiger charge is 2.08. The van der Waals surface area contributed by atoms with E-state index in [0.29, 0.717) is 11.8 Å². The Bertz CT molecular complexity index is 487. The van der Waals surface area contributed by atoms with Crippen LogP contribution in [0.3, 0.4) is 0 Å². The van der Waals surface area contributed by atoms with Crippen molar-refractivity contribution in [2.45, 2.75) is 27.2 Å². The Morgan fingerprint density at radius 1 is 1.18 bits per heavy atom. The molecule has 0 atom stereocenters. The van der Waals surface area contributed by atoms with Gasteiger partial charge in [0.25, 0.3) is 0 Å². The van der Waals surface area contributed by atoms with Crippen molar-refractivity contribution < 1.29 is 4.52 Å². The summed E-state index contributed by atoms with van der Waals surface area (Å²) >= 11 is 0. The van der Waals surface area contributed by atoms with Crippen molar-refractivity contribution in [3.63, 3.8) is 0 Å². The molecule has 2 aromatic heterocycles. The topological polar surface area (TPSA) is 63.8 Å². The van der Waals surface area contributed by atoms with E-state index in [1.807, 2.05) is 26.0 Å². The van der Waals surface area contributed by atoms with Crippen molar-refractivity contribution in [1.29, 1.82) is 0 Å². The second-order valence-electron chi connectivity index (χ2n) is 3.99. The average molecular weight is 232 g/mol. The summed E-state index contributed by atoms with van der Waals surface area (Å²) in [7, 11) is 0. The van der Waals surface area contributed by atoms with Crippen molar-refractivity contribution >= 4 is 6.01 Å². The molecule has 90 valence electrons. The smallest absolute Gasteiger partial charge is 0.321 e. The van der Waals surface area contributed by atoms with Crippen molar-refractivity contribution in [3.8, 4) is 11.4 Å². The average Bonchev–Trinajstić information content (AvgIpc) is 2.73. The molecule has 0 bridgehead atoms. The SMILES string of the molecule is CCCNc1nc(-c2cc(C)nc(C)c2)no1. The highest BCUT2D eigenvalue weighted by molar-refractivity contribution is 5.56. The molecule has 0 aliphatic rings. The fourth-order valence-electron chi connectivity index (χ4n) is 1.61. The van der Waals surface area contributed by atoms with Crippen LogP contribution in [0.1, 0.15) is 24.7 Å². The summed E-state index contributed by atoms with van der Waals surface area (Å²) in [6.45, 7) is 6.82. The van der Waals surface area contributed by atoms with Gasteiger partial charge < -0.3 is 9.84 Å². The molecule has 0 amide bonds. The van der Waals surface area contributed by atoms with E-state index in [-0.39, 0.29) is 0 Å². The van der Waals surface area contributed by atoms with Gasteiger partial charge in [-0.2, -0.15) is 4.98 Å². The number of hydrogen-bond acceptors (Lipinski definition) is 5. The van der Waals surface area contributed by atoms with Gasteiger partial charge in [-0.3, -0.25) is 4.98 Å². The Kier molecular flexibility index (Phi) is 3.37. The van der Waals surface area contributed by atoms with E-state index >= 15 is 0 Å². The lowest BCUT2D eigenvalue weighted by atomic mass is 10.2. The zero-order valence-electron chi connectivity index (χ0n) is 10.3. The molecule has 2 aromatic rings. The Morgan fingerprint density at radius 2 is 1.88 bits per heavy atom. The molecular weight excluding hydrogens is 216 g/mol. The highest BCUT2D eigenvalue weighted by Crippen LogP contribution is 2.19. The van der Waals surface area contributed by atoms with Crippen molar-refractivity contribution in [3.05, 3.63) is 23.5 Å². The van der Waals surface area contributed by atoms with Gasteiger partial charge >= 0.3 is 6.01 Å². The largest absolute Gasteiger partial charge is 0.338 e. The van der Waals surface area contributed by atoms with Crippen LogP contribution in [0, 0.1) is 13.8 Å². The molecule has 0 aliphatic carbocycles. The minimum absolute atomic E-state index is 0.467. The first-order chi connectivity index (χ1) is 8.19. The van der Waals surface area contributed by atoms with Crippen LogP contribution in [0.2, 0.25) is 0 Å². The third kappa shape index (κ3) is 2.81. The van der Waals surface area contributed by atoms with E-state index in [0.717, 1.165) is 29.9 Å². The summed E-state index contributed by atoms with van der Waals surface area (Å²) < 4.78 is 5.11. The van der Waals surface area contributed by atoms with Crippen LogP contribution in [0.4, 0.5) is 6.01 Å². The zero-order valence-corrected chi connectivity index (χ0v) is 10.3. The predicted octanol–water partition coefficient (Wildman–Crippen LogP) is 2.57.